The lowest BCUT2D eigenvalue weighted by molar-refractivity contribution is -0.117. The highest BCUT2D eigenvalue weighted by Crippen LogP contribution is 2.38. The van der Waals surface area contributed by atoms with E-state index in [0.29, 0.717) is 53.2 Å². The van der Waals surface area contributed by atoms with Crippen molar-refractivity contribution in [3.8, 4) is 17.2 Å². The molecule has 8 heteroatoms. The van der Waals surface area contributed by atoms with Crippen LogP contribution in [0.4, 0.5) is 0 Å². The van der Waals surface area contributed by atoms with Crippen LogP contribution in [0, 0.1) is 0 Å². The van der Waals surface area contributed by atoms with Crippen LogP contribution in [0.1, 0.15) is 29.3 Å². The van der Waals surface area contributed by atoms with Crippen LogP contribution >= 0.6 is 11.6 Å². The molecule has 2 amide bonds. The van der Waals surface area contributed by atoms with Crippen LogP contribution in [0.5, 0.6) is 17.2 Å². The van der Waals surface area contributed by atoms with Gasteiger partial charge in [0.05, 0.1) is 24.8 Å². The van der Waals surface area contributed by atoms with Gasteiger partial charge < -0.3 is 14.2 Å². The van der Waals surface area contributed by atoms with Crippen molar-refractivity contribution >= 4 is 29.5 Å². The van der Waals surface area contributed by atoms with E-state index < -0.39 is 11.8 Å². The van der Waals surface area contributed by atoms with Gasteiger partial charge in [-0.2, -0.15) is 0 Å². The van der Waals surface area contributed by atoms with Gasteiger partial charge in [0.15, 0.2) is 11.5 Å². The molecule has 7 nitrogen and oxygen atoms in total. The fourth-order valence-corrected chi connectivity index (χ4v) is 2.89. The summed E-state index contributed by atoms with van der Waals surface area (Å²) in [6.07, 6.45) is 3.62. The van der Waals surface area contributed by atoms with Crippen molar-refractivity contribution in [1.82, 2.24) is 10.9 Å². The van der Waals surface area contributed by atoms with Crippen LogP contribution in [-0.4, -0.2) is 31.6 Å². The number of hydrazine groups is 1. The molecule has 29 heavy (non-hydrogen) atoms. The van der Waals surface area contributed by atoms with Crippen LogP contribution in [-0.2, 0) is 4.79 Å². The maximum Gasteiger partial charge on any atom is 0.269 e. The van der Waals surface area contributed by atoms with Gasteiger partial charge in [-0.05, 0) is 55.0 Å². The SMILES string of the molecule is CCOc1ccc(C(=O)NNC(=O)/C=C/c2cc(Cl)c3c(c2)OCCCO3)cc1. The molecule has 2 aromatic rings. The molecular weight excluding hydrogens is 396 g/mol. The highest BCUT2D eigenvalue weighted by molar-refractivity contribution is 6.32. The molecule has 1 aliphatic heterocycles. The minimum Gasteiger partial charge on any atom is -0.494 e. The zero-order valence-corrected chi connectivity index (χ0v) is 16.6. The summed E-state index contributed by atoms with van der Waals surface area (Å²) < 4.78 is 16.5. The largest absolute Gasteiger partial charge is 0.494 e. The second-order valence-electron chi connectivity index (χ2n) is 6.11. The van der Waals surface area contributed by atoms with Gasteiger partial charge in [-0.25, -0.2) is 0 Å². The minimum atomic E-state index is -0.493. The summed E-state index contributed by atoms with van der Waals surface area (Å²) in [6, 6.07) is 10.0. The first-order valence-electron chi connectivity index (χ1n) is 9.17. The predicted octanol–water partition coefficient (Wildman–Crippen LogP) is 3.37. The number of hydrogen-bond acceptors (Lipinski definition) is 5. The van der Waals surface area contributed by atoms with Gasteiger partial charge in [0, 0.05) is 18.1 Å². The van der Waals surface area contributed by atoms with Crippen LogP contribution in [0.25, 0.3) is 6.08 Å². The summed E-state index contributed by atoms with van der Waals surface area (Å²) in [5.41, 5.74) is 5.76. The van der Waals surface area contributed by atoms with Crippen LogP contribution in [0.2, 0.25) is 5.02 Å². The standard InChI is InChI=1S/C21H21ClN2O5/c1-2-27-16-7-5-15(6-8-16)21(26)24-23-19(25)9-4-14-12-17(22)20-18(13-14)28-10-3-11-29-20/h4-9,12-13H,2-3,10-11H2,1H3,(H,23,25)(H,24,26)/b9-4+. The van der Waals surface area contributed by atoms with Crippen LogP contribution in [0.3, 0.4) is 0 Å². The number of rotatable bonds is 5. The van der Waals surface area contributed by atoms with E-state index >= 15 is 0 Å². The van der Waals surface area contributed by atoms with Gasteiger partial charge in [0.2, 0.25) is 0 Å². The molecule has 3 rings (SSSR count). The average molecular weight is 417 g/mol. The van der Waals surface area contributed by atoms with Crippen molar-refractivity contribution in [1.29, 1.82) is 0 Å². The van der Waals surface area contributed by atoms with E-state index in [-0.39, 0.29) is 0 Å². The Morgan fingerprint density at radius 2 is 1.90 bits per heavy atom. The van der Waals surface area contributed by atoms with E-state index in [1.54, 1.807) is 42.5 Å². The number of ether oxygens (including phenoxy) is 3. The first-order valence-corrected chi connectivity index (χ1v) is 9.55. The van der Waals surface area contributed by atoms with E-state index in [9.17, 15) is 9.59 Å². The zero-order chi connectivity index (χ0) is 20.6. The Hall–Kier alpha value is -3.19. The minimum absolute atomic E-state index is 0.396. The fraction of sp³-hybridized carbons (Fsp3) is 0.238. The predicted molar refractivity (Wildman–Crippen MR) is 109 cm³/mol. The lowest BCUT2D eigenvalue weighted by Crippen LogP contribution is -2.40. The van der Waals surface area contributed by atoms with E-state index in [1.165, 1.54) is 6.08 Å². The highest BCUT2D eigenvalue weighted by Gasteiger charge is 2.15. The molecule has 2 N–H and O–H groups in total. The summed E-state index contributed by atoms with van der Waals surface area (Å²) in [7, 11) is 0. The van der Waals surface area contributed by atoms with Gasteiger partial charge in [-0.15, -0.1) is 0 Å². The molecule has 0 saturated carbocycles. The fourth-order valence-electron chi connectivity index (χ4n) is 2.62. The van der Waals surface area contributed by atoms with Gasteiger partial charge in [0.25, 0.3) is 11.8 Å². The Bertz CT molecular complexity index is 912. The van der Waals surface area contributed by atoms with Gasteiger partial charge in [0.1, 0.15) is 5.75 Å². The monoisotopic (exact) mass is 416 g/mol. The first-order chi connectivity index (χ1) is 14.1. The zero-order valence-electron chi connectivity index (χ0n) is 15.9. The average Bonchev–Trinajstić information content (AvgIpc) is 2.97. The van der Waals surface area contributed by atoms with Gasteiger partial charge in [-0.3, -0.25) is 20.4 Å². The van der Waals surface area contributed by atoms with Crippen molar-refractivity contribution < 1.29 is 23.8 Å². The Balaban J connectivity index is 1.56. The molecule has 152 valence electrons. The van der Waals surface area contributed by atoms with E-state index in [2.05, 4.69) is 10.9 Å². The maximum absolute atomic E-state index is 12.1. The molecule has 0 fully saturated rings. The second-order valence-corrected chi connectivity index (χ2v) is 6.52. The number of hydrogen-bond donors (Lipinski definition) is 2. The molecule has 0 unspecified atom stereocenters. The number of nitrogens with one attached hydrogen (secondary N) is 2. The molecular formula is C21H21ClN2O5. The molecule has 1 aliphatic rings. The lowest BCUT2D eigenvalue weighted by Gasteiger charge is -2.10. The molecule has 0 aromatic heterocycles. The normalized spacial score (nSPS) is 12.9. The summed E-state index contributed by atoms with van der Waals surface area (Å²) >= 11 is 6.23. The van der Waals surface area contributed by atoms with Crippen LogP contribution < -0.4 is 25.1 Å². The maximum atomic E-state index is 12.1. The molecule has 0 radical (unpaired) electrons. The van der Waals surface area contributed by atoms with Crippen molar-refractivity contribution in [2.75, 3.05) is 19.8 Å². The third-order valence-corrected chi connectivity index (χ3v) is 4.26. The van der Waals surface area contributed by atoms with E-state index in [0.717, 1.165) is 6.42 Å². The molecule has 0 aliphatic carbocycles. The third kappa shape index (κ3) is 5.65. The summed E-state index contributed by atoms with van der Waals surface area (Å²) in [5, 5.41) is 0.410. The van der Waals surface area contributed by atoms with Crippen LogP contribution in [0.15, 0.2) is 42.5 Å². The molecule has 1 heterocycles. The van der Waals surface area contributed by atoms with Crippen molar-refractivity contribution in [2.45, 2.75) is 13.3 Å². The Labute approximate surface area is 173 Å². The van der Waals surface area contributed by atoms with Gasteiger partial charge in [-0.1, -0.05) is 11.6 Å². The molecule has 0 saturated heterocycles. The summed E-state index contributed by atoms with van der Waals surface area (Å²) in [4.78, 5) is 24.1. The Morgan fingerprint density at radius 1 is 1.14 bits per heavy atom. The number of amides is 2. The van der Waals surface area contributed by atoms with Crippen molar-refractivity contribution in [3.63, 3.8) is 0 Å². The first kappa shape index (κ1) is 20.5. The quantitative estimate of drug-likeness (QED) is 0.576. The second kappa shape index (κ2) is 9.84. The number of fused-ring (bicyclic) bond motifs is 1. The van der Waals surface area contributed by atoms with Crippen molar-refractivity contribution in [2.24, 2.45) is 0 Å². The highest BCUT2D eigenvalue weighted by atomic mass is 35.5. The van der Waals surface area contributed by atoms with Gasteiger partial charge >= 0.3 is 0 Å². The molecule has 2 aromatic carbocycles. The molecule has 0 spiro atoms. The number of carbonyl (C=O) groups excluding carboxylic acids is 2. The number of halogens is 1. The Kier molecular flexibility index (Phi) is 6.97. The number of carbonyl (C=O) groups is 2. The molecule has 0 atom stereocenters. The third-order valence-electron chi connectivity index (χ3n) is 3.98. The smallest absolute Gasteiger partial charge is 0.269 e. The number of benzene rings is 2. The van der Waals surface area contributed by atoms with E-state index in [4.69, 9.17) is 25.8 Å². The van der Waals surface area contributed by atoms with Crippen molar-refractivity contribution in [3.05, 3.63) is 58.6 Å². The Morgan fingerprint density at radius 3 is 2.66 bits per heavy atom. The van der Waals surface area contributed by atoms with E-state index in [1.807, 2.05) is 6.92 Å². The lowest BCUT2D eigenvalue weighted by atomic mass is 10.2. The topological polar surface area (TPSA) is 85.9 Å². The molecule has 0 bridgehead atoms. The summed E-state index contributed by atoms with van der Waals surface area (Å²) in [5.74, 6) is 0.790. The summed E-state index contributed by atoms with van der Waals surface area (Å²) in [6.45, 7) is 3.50.